The molecule has 0 bridgehead atoms. The molecule has 0 amide bonds. The third-order valence-corrected chi connectivity index (χ3v) is 4.53. The van der Waals surface area contributed by atoms with Crippen LogP contribution in [0.15, 0.2) is 30.3 Å². The number of fused-ring (bicyclic) bond motifs is 1. The number of thioether (sulfide) groups is 1. The first kappa shape index (κ1) is 12.8. The zero-order chi connectivity index (χ0) is 13.2. The number of aromatic nitrogens is 2. The number of hydrogen-bond acceptors (Lipinski definition) is 4. The van der Waals surface area contributed by atoms with E-state index >= 15 is 0 Å². The third-order valence-electron chi connectivity index (χ3n) is 3.20. The number of hydrogen-bond donors (Lipinski definition) is 1. The lowest BCUT2D eigenvalue weighted by Gasteiger charge is -2.16. The summed E-state index contributed by atoms with van der Waals surface area (Å²) in [5.74, 6) is 2.72. The van der Waals surface area contributed by atoms with Gasteiger partial charge in [-0.3, -0.25) is 0 Å². The Bertz CT molecular complexity index is 640. The van der Waals surface area contributed by atoms with Gasteiger partial charge in [0, 0.05) is 29.9 Å². The van der Waals surface area contributed by atoms with E-state index in [9.17, 15) is 0 Å². The minimum atomic E-state index is -0.196. The van der Waals surface area contributed by atoms with E-state index in [4.69, 9.17) is 17.0 Å². The molecule has 3 nitrogen and oxygen atoms in total. The van der Waals surface area contributed by atoms with E-state index in [1.165, 1.54) is 11.3 Å². The van der Waals surface area contributed by atoms with Crippen LogP contribution < -0.4 is 0 Å². The van der Waals surface area contributed by atoms with Gasteiger partial charge in [0.2, 0.25) is 0 Å². The fourth-order valence-corrected chi connectivity index (χ4v) is 3.70. The summed E-state index contributed by atoms with van der Waals surface area (Å²) < 4.78 is 6.29. The predicted octanol–water partition coefficient (Wildman–Crippen LogP) is 3.62. The molecule has 1 aliphatic rings. The van der Waals surface area contributed by atoms with Crippen LogP contribution in [0.25, 0.3) is 0 Å². The SMILES string of the molecule is COC(c1ccccc1)c1nc(=S)c2c([nH]1)CSC2. The van der Waals surface area contributed by atoms with Crippen molar-refractivity contribution in [1.82, 2.24) is 9.97 Å². The van der Waals surface area contributed by atoms with Crippen LogP contribution >= 0.6 is 24.0 Å². The number of aromatic amines is 1. The van der Waals surface area contributed by atoms with Gasteiger partial charge in [0.1, 0.15) is 16.6 Å². The second-order valence-corrected chi connectivity index (χ2v) is 5.78. The Kier molecular flexibility index (Phi) is 3.68. The molecular formula is C14H14N2OS2. The van der Waals surface area contributed by atoms with E-state index in [0.717, 1.165) is 22.9 Å². The van der Waals surface area contributed by atoms with Gasteiger partial charge < -0.3 is 9.72 Å². The number of nitrogens with one attached hydrogen (secondary N) is 1. The summed E-state index contributed by atoms with van der Waals surface area (Å²) >= 11 is 7.25. The highest BCUT2D eigenvalue weighted by molar-refractivity contribution is 7.98. The Labute approximate surface area is 121 Å². The second kappa shape index (κ2) is 5.45. The molecule has 1 aromatic carbocycles. The molecule has 1 aromatic heterocycles. The predicted molar refractivity (Wildman–Crippen MR) is 79.7 cm³/mol. The van der Waals surface area contributed by atoms with Gasteiger partial charge in [-0.05, 0) is 5.56 Å². The number of nitrogens with zero attached hydrogens (tertiary/aromatic N) is 1. The second-order valence-electron chi connectivity index (χ2n) is 4.40. The normalized spacial score (nSPS) is 15.2. The van der Waals surface area contributed by atoms with E-state index in [-0.39, 0.29) is 6.10 Å². The lowest BCUT2D eigenvalue weighted by Crippen LogP contribution is -2.10. The maximum absolute atomic E-state index is 5.59. The minimum absolute atomic E-state index is 0.196. The van der Waals surface area contributed by atoms with Crippen molar-refractivity contribution in [3.8, 4) is 0 Å². The Morgan fingerprint density at radius 3 is 2.84 bits per heavy atom. The van der Waals surface area contributed by atoms with Crippen LogP contribution in [-0.2, 0) is 16.2 Å². The highest BCUT2D eigenvalue weighted by atomic mass is 32.2. The molecule has 98 valence electrons. The molecule has 0 fully saturated rings. The van der Waals surface area contributed by atoms with Gasteiger partial charge in [0.25, 0.3) is 0 Å². The summed E-state index contributed by atoms with van der Waals surface area (Å²) in [5.41, 5.74) is 3.44. The average Bonchev–Trinajstić information content (AvgIpc) is 2.90. The van der Waals surface area contributed by atoms with E-state index in [0.29, 0.717) is 4.64 Å². The van der Waals surface area contributed by atoms with Crippen LogP contribution in [0.3, 0.4) is 0 Å². The highest BCUT2D eigenvalue weighted by Crippen LogP contribution is 2.31. The monoisotopic (exact) mass is 290 g/mol. The van der Waals surface area contributed by atoms with Crippen LogP contribution in [0, 0.1) is 4.64 Å². The molecule has 5 heteroatoms. The lowest BCUT2D eigenvalue weighted by atomic mass is 10.1. The van der Waals surface area contributed by atoms with Crippen LogP contribution in [0.4, 0.5) is 0 Å². The Balaban J connectivity index is 2.06. The van der Waals surface area contributed by atoms with E-state index in [1.807, 2.05) is 42.1 Å². The zero-order valence-corrected chi connectivity index (χ0v) is 12.2. The fourth-order valence-electron chi connectivity index (χ4n) is 2.25. The Morgan fingerprint density at radius 1 is 1.32 bits per heavy atom. The van der Waals surface area contributed by atoms with Crippen molar-refractivity contribution in [3.05, 3.63) is 57.6 Å². The maximum atomic E-state index is 5.59. The minimum Gasteiger partial charge on any atom is -0.369 e. The lowest BCUT2D eigenvalue weighted by molar-refractivity contribution is 0.128. The number of H-pyrrole nitrogens is 1. The average molecular weight is 290 g/mol. The van der Waals surface area contributed by atoms with Gasteiger partial charge in [-0.2, -0.15) is 11.8 Å². The number of benzene rings is 1. The fraction of sp³-hybridized carbons (Fsp3) is 0.286. The van der Waals surface area contributed by atoms with Crippen LogP contribution in [-0.4, -0.2) is 17.1 Å². The van der Waals surface area contributed by atoms with Gasteiger partial charge in [-0.15, -0.1) is 0 Å². The van der Waals surface area contributed by atoms with E-state index < -0.39 is 0 Å². The Morgan fingerprint density at radius 2 is 2.11 bits per heavy atom. The zero-order valence-electron chi connectivity index (χ0n) is 10.6. The Hall–Kier alpha value is -1.17. The molecule has 1 aliphatic heterocycles. The molecule has 3 rings (SSSR count). The van der Waals surface area contributed by atoms with Crippen LogP contribution in [0.2, 0.25) is 0 Å². The van der Waals surface area contributed by atoms with Gasteiger partial charge in [0.05, 0.1) is 0 Å². The van der Waals surface area contributed by atoms with Crippen molar-refractivity contribution in [2.75, 3.05) is 7.11 Å². The molecule has 1 atom stereocenters. The summed E-state index contributed by atoms with van der Waals surface area (Å²) in [6.07, 6.45) is -0.196. The topological polar surface area (TPSA) is 37.9 Å². The largest absolute Gasteiger partial charge is 0.369 e. The third kappa shape index (κ3) is 2.45. The van der Waals surface area contributed by atoms with E-state index in [1.54, 1.807) is 7.11 Å². The number of ether oxygens (including phenoxy) is 1. The molecule has 19 heavy (non-hydrogen) atoms. The van der Waals surface area contributed by atoms with Crippen molar-refractivity contribution < 1.29 is 4.74 Å². The molecule has 2 heterocycles. The molecule has 0 spiro atoms. The molecule has 1 N–H and O–H groups in total. The highest BCUT2D eigenvalue weighted by Gasteiger charge is 2.20. The summed E-state index contributed by atoms with van der Waals surface area (Å²) in [6.45, 7) is 0. The first-order chi connectivity index (χ1) is 9.29. The summed E-state index contributed by atoms with van der Waals surface area (Å²) in [6, 6.07) is 10.1. The quantitative estimate of drug-likeness (QED) is 0.876. The van der Waals surface area contributed by atoms with Gasteiger partial charge in [-0.25, -0.2) is 4.98 Å². The van der Waals surface area contributed by atoms with Crippen molar-refractivity contribution in [2.24, 2.45) is 0 Å². The molecule has 1 unspecified atom stereocenters. The van der Waals surface area contributed by atoms with Crippen LogP contribution in [0.1, 0.15) is 28.7 Å². The van der Waals surface area contributed by atoms with Crippen molar-refractivity contribution >= 4 is 24.0 Å². The number of methoxy groups -OCH3 is 1. The van der Waals surface area contributed by atoms with Crippen molar-refractivity contribution in [1.29, 1.82) is 0 Å². The molecule has 0 aliphatic carbocycles. The van der Waals surface area contributed by atoms with Crippen molar-refractivity contribution in [2.45, 2.75) is 17.6 Å². The molecule has 0 saturated heterocycles. The van der Waals surface area contributed by atoms with Crippen LogP contribution in [0.5, 0.6) is 0 Å². The summed E-state index contributed by atoms with van der Waals surface area (Å²) in [5, 5.41) is 0. The standard InChI is InChI=1S/C14H14N2OS2/c1-17-12(9-5-3-2-4-6-9)13-15-11-8-19-7-10(11)14(18)16-13/h2-6,12H,7-8H2,1H3,(H,15,16,18). The smallest absolute Gasteiger partial charge is 0.141 e. The molecule has 0 saturated carbocycles. The molecule has 0 radical (unpaired) electrons. The molecular weight excluding hydrogens is 276 g/mol. The van der Waals surface area contributed by atoms with E-state index in [2.05, 4.69) is 9.97 Å². The molecule has 2 aromatic rings. The number of rotatable bonds is 3. The first-order valence-electron chi connectivity index (χ1n) is 6.07. The van der Waals surface area contributed by atoms with Gasteiger partial charge in [0.15, 0.2) is 0 Å². The maximum Gasteiger partial charge on any atom is 0.141 e. The van der Waals surface area contributed by atoms with Gasteiger partial charge >= 0.3 is 0 Å². The first-order valence-corrected chi connectivity index (χ1v) is 7.63. The summed E-state index contributed by atoms with van der Waals surface area (Å²) in [4.78, 5) is 7.90. The summed E-state index contributed by atoms with van der Waals surface area (Å²) in [7, 11) is 1.69. The van der Waals surface area contributed by atoms with Gasteiger partial charge in [-0.1, -0.05) is 42.5 Å². The van der Waals surface area contributed by atoms with Crippen molar-refractivity contribution in [3.63, 3.8) is 0 Å².